The number of hydrogen-bond acceptors (Lipinski definition) is 2. The van der Waals surface area contributed by atoms with Crippen molar-refractivity contribution in [2.45, 2.75) is 17.2 Å². The number of anilines is 1. The Morgan fingerprint density at radius 1 is 1.10 bits per heavy atom. The summed E-state index contributed by atoms with van der Waals surface area (Å²) in [6, 6.07) is 11.5. The molecule has 0 amide bonds. The summed E-state index contributed by atoms with van der Waals surface area (Å²) < 4.78 is 38.7. The van der Waals surface area contributed by atoms with Crippen LogP contribution in [0.5, 0.6) is 0 Å². The van der Waals surface area contributed by atoms with Gasteiger partial charge in [-0.3, -0.25) is 0 Å². The van der Waals surface area contributed by atoms with E-state index in [9.17, 15) is 13.2 Å². The van der Waals surface area contributed by atoms with Gasteiger partial charge < -0.3 is 5.32 Å². The van der Waals surface area contributed by atoms with E-state index in [1.165, 1.54) is 6.07 Å². The molecule has 6 heteroatoms. The SMILES string of the molecule is Fc1cccc(CNc2ccccc2SC(F)F)c1Br. The van der Waals surface area contributed by atoms with Crippen molar-refractivity contribution in [1.29, 1.82) is 0 Å². The summed E-state index contributed by atoms with van der Waals surface area (Å²) in [5.74, 6) is -2.82. The Morgan fingerprint density at radius 3 is 2.60 bits per heavy atom. The summed E-state index contributed by atoms with van der Waals surface area (Å²) >= 11 is 3.66. The van der Waals surface area contributed by atoms with Crippen LogP contribution < -0.4 is 5.32 Å². The molecule has 2 aromatic carbocycles. The number of thioether (sulfide) groups is 1. The van der Waals surface area contributed by atoms with E-state index in [2.05, 4.69) is 21.2 Å². The van der Waals surface area contributed by atoms with Gasteiger partial charge in [0.05, 0.1) is 4.47 Å². The molecule has 0 saturated heterocycles. The quantitative estimate of drug-likeness (QED) is 0.704. The smallest absolute Gasteiger partial charge is 0.288 e. The van der Waals surface area contributed by atoms with Gasteiger partial charge in [-0.15, -0.1) is 0 Å². The first-order valence-corrected chi connectivity index (χ1v) is 7.46. The standard InChI is InChI=1S/C14H11BrF3NS/c15-13-9(4-3-5-10(13)16)8-19-11-6-1-2-7-12(11)20-14(17)18/h1-7,14,19H,8H2. The summed E-state index contributed by atoms with van der Waals surface area (Å²) in [5, 5.41) is 3.05. The topological polar surface area (TPSA) is 12.0 Å². The number of benzene rings is 2. The second kappa shape index (κ2) is 7.04. The lowest BCUT2D eigenvalue weighted by atomic mass is 10.2. The third-order valence-electron chi connectivity index (χ3n) is 2.60. The molecule has 0 atom stereocenters. The monoisotopic (exact) mass is 361 g/mol. The molecule has 0 aliphatic rings. The molecule has 0 radical (unpaired) electrons. The Morgan fingerprint density at radius 2 is 1.85 bits per heavy atom. The van der Waals surface area contributed by atoms with Gasteiger partial charge in [0, 0.05) is 17.1 Å². The Kier molecular flexibility index (Phi) is 5.37. The van der Waals surface area contributed by atoms with Crippen LogP contribution in [0.3, 0.4) is 0 Å². The Bertz CT molecular complexity index is 592. The highest BCUT2D eigenvalue weighted by molar-refractivity contribution is 9.10. The molecule has 0 aliphatic carbocycles. The van der Waals surface area contributed by atoms with Gasteiger partial charge in [0.2, 0.25) is 0 Å². The van der Waals surface area contributed by atoms with Gasteiger partial charge in [0.15, 0.2) is 0 Å². The number of alkyl halides is 2. The van der Waals surface area contributed by atoms with E-state index in [0.29, 0.717) is 33.4 Å². The molecule has 2 aromatic rings. The minimum atomic E-state index is -2.47. The molecule has 0 fully saturated rings. The Hall–Kier alpha value is -1.14. The first kappa shape index (κ1) is 15.3. The fourth-order valence-electron chi connectivity index (χ4n) is 1.69. The Labute approximate surface area is 127 Å². The zero-order valence-electron chi connectivity index (χ0n) is 10.2. The lowest BCUT2D eigenvalue weighted by Crippen LogP contribution is -2.02. The van der Waals surface area contributed by atoms with Crippen LogP contribution in [0.25, 0.3) is 0 Å². The zero-order chi connectivity index (χ0) is 14.5. The molecular weight excluding hydrogens is 351 g/mol. The second-order valence-corrected chi connectivity index (χ2v) is 5.77. The average Bonchev–Trinajstić information content (AvgIpc) is 2.41. The highest BCUT2D eigenvalue weighted by Crippen LogP contribution is 2.32. The van der Waals surface area contributed by atoms with Crippen molar-refractivity contribution in [2.24, 2.45) is 0 Å². The zero-order valence-corrected chi connectivity index (χ0v) is 12.6. The van der Waals surface area contributed by atoms with Crippen LogP contribution in [-0.4, -0.2) is 5.76 Å². The molecule has 0 unspecified atom stereocenters. The maximum Gasteiger partial charge on any atom is 0.288 e. The lowest BCUT2D eigenvalue weighted by Gasteiger charge is -2.12. The van der Waals surface area contributed by atoms with Crippen molar-refractivity contribution >= 4 is 33.4 Å². The van der Waals surface area contributed by atoms with Gasteiger partial charge in [-0.2, -0.15) is 8.78 Å². The molecule has 0 aliphatic heterocycles. The van der Waals surface area contributed by atoms with E-state index >= 15 is 0 Å². The Balaban J connectivity index is 2.13. The van der Waals surface area contributed by atoms with Crippen LogP contribution in [0.4, 0.5) is 18.9 Å². The fraction of sp³-hybridized carbons (Fsp3) is 0.143. The molecule has 1 nitrogen and oxygen atoms in total. The third kappa shape index (κ3) is 3.93. The van der Waals surface area contributed by atoms with Crippen molar-refractivity contribution in [2.75, 3.05) is 5.32 Å². The van der Waals surface area contributed by atoms with E-state index in [4.69, 9.17) is 0 Å². The lowest BCUT2D eigenvalue weighted by molar-refractivity contribution is 0.252. The van der Waals surface area contributed by atoms with E-state index in [0.717, 1.165) is 5.56 Å². The van der Waals surface area contributed by atoms with E-state index in [1.807, 2.05) is 0 Å². The summed E-state index contributed by atoms with van der Waals surface area (Å²) in [7, 11) is 0. The van der Waals surface area contributed by atoms with E-state index < -0.39 is 5.76 Å². The minimum absolute atomic E-state index is 0.346. The van der Waals surface area contributed by atoms with Crippen LogP contribution in [0.15, 0.2) is 51.8 Å². The van der Waals surface area contributed by atoms with Gasteiger partial charge in [-0.25, -0.2) is 4.39 Å². The molecule has 1 N–H and O–H groups in total. The van der Waals surface area contributed by atoms with E-state index in [1.54, 1.807) is 36.4 Å². The van der Waals surface area contributed by atoms with Crippen molar-refractivity contribution in [1.82, 2.24) is 0 Å². The van der Waals surface area contributed by atoms with Gasteiger partial charge in [0.1, 0.15) is 5.82 Å². The maximum atomic E-state index is 13.4. The molecule has 2 rings (SSSR count). The molecule has 20 heavy (non-hydrogen) atoms. The highest BCUT2D eigenvalue weighted by Gasteiger charge is 2.10. The maximum absolute atomic E-state index is 13.4. The fourth-order valence-corrected chi connectivity index (χ4v) is 2.71. The molecular formula is C14H11BrF3NS. The van der Waals surface area contributed by atoms with Crippen molar-refractivity contribution in [3.8, 4) is 0 Å². The third-order valence-corrected chi connectivity index (χ3v) is 4.28. The van der Waals surface area contributed by atoms with Gasteiger partial charge in [-0.1, -0.05) is 36.0 Å². The number of halogens is 4. The van der Waals surface area contributed by atoms with Crippen LogP contribution in [0.1, 0.15) is 5.56 Å². The summed E-state index contributed by atoms with van der Waals surface area (Å²) in [6.07, 6.45) is 0. The van der Waals surface area contributed by atoms with Gasteiger partial charge >= 0.3 is 0 Å². The summed E-state index contributed by atoms with van der Waals surface area (Å²) in [6.45, 7) is 0.346. The number of rotatable bonds is 5. The molecule has 106 valence electrons. The van der Waals surface area contributed by atoms with Crippen molar-refractivity contribution in [3.63, 3.8) is 0 Å². The number of para-hydroxylation sites is 1. The predicted octanol–water partition coefficient (Wildman–Crippen LogP) is 5.52. The number of hydrogen-bond donors (Lipinski definition) is 1. The van der Waals surface area contributed by atoms with Gasteiger partial charge in [0.25, 0.3) is 5.76 Å². The minimum Gasteiger partial charge on any atom is -0.380 e. The van der Waals surface area contributed by atoms with Crippen LogP contribution >= 0.6 is 27.7 Å². The van der Waals surface area contributed by atoms with Gasteiger partial charge in [-0.05, 0) is 39.7 Å². The van der Waals surface area contributed by atoms with Crippen LogP contribution in [0.2, 0.25) is 0 Å². The molecule has 0 saturated carbocycles. The molecule has 0 heterocycles. The normalized spacial score (nSPS) is 10.8. The molecule has 0 spiro atoms. The van der Waals surface area contributed by atoms with E-state index in [-0.39, 0.29) is 5.82 Å². The summed E-state index contributed by atoms with van der Waals surface area (Å²) in [5.41, 5.74) is 1.33. The number of nitrogens with one attached hydrogen (secondary N) is 1. The molecule has 0 aromatic heterocycles. The second-order valence-electron chi connectivity index (χ2n) is 3.94. The molecule has 0 bridgehead atoms. The van der Waals surface area contributed by atoms with Crippen LogP contribution in [-0.2, 0) is 6.54 Å². The predicted molar refractivity (Wildman–Crippen MR) is 79.7 cm³/mol. The van der Waals surface area contributed by atoms with Crippen LogP contribution in [0, 0.1) is 5.82 Å². The highest BCUT2D eigenvalue weighted by atomic mass is 79.9. The average molecular weight is 362 g/mol. The first-order valence-electron chi connectivity index (χ1n) is 5.78. The first-order chi connectivity index (χ1) is 9.58. The largest absolute Gasteiger partial charge is 0.380 e. The summed E-state index contributed by atoms with van der Waals surface area (Å²) in [4.78, 5) is 0.468. The van der Waals surface area contributed by atoms with Crippen molar-refractivity contribution < 1.29 is 13.2 Å². The van der Waals surface area contributed by atoms with Crippen molar-refractivity contribution in [3.05, 3.63) is 58.3 Å².